The van der Waals surface area contributed by atoms with Crippen LogP contribution >= 0.6 is 0 Å². The fourth-order valence-electron chi connectivity index (χ4n) is 4.67. The summed E-state index contributed by atoms with van der Waals surface area (Å²) in [6.45, 7) is 3.63. The molecule has 1 aliphatic heterocycles. The molecule has 2 fully saturated rings. The third-order valence-corrected chi connectivity index (χ3v) is 5.79. The molecular weight excluding hydrogens is 335 g/mol. The van der Waals surface area contributed by atoms with Crippen molar-refractivity contribution in [3.63, 3.8) is 0 Å². The molecule has 2 aliphatic carbocycles. The van der Waals surface area contributed by atoms with Crippen molar-refractivity contribution in [2.24, 2.45) is 29.6 Å². The van der Waals surface area contributed by atoms with Crippen LogP contribution in [0.2, 0.25) is 0 Å². The van der Waals surface area contributed by atoms with Crippen molar-refractivity contribution in [3.05, 3.63) is 42.2 Å². The Morgan fingerprint density at radius 3 is 2.12 bits per heavy atom. The maximum atomic E-state index is 13.1. The second kappa shape index (κ2) is 6.04. The summed E-state index contributed by atoms with van der Waals surface area (Å²) in [5.41, 5.74) is 0.433. The molecular formula is C20H21FN2O3. The summed E-state index contributed by atoms with van der Waals surface area (Å²) in [5.74, 6) is -1.94. The number of carbonyl (C=O) groups excluding carboxylic acids is 3. The van der Waals surface area contributed by atoms with Gasteiger partial charge in [-0.05, 0) is 48.4 Å². The summed E-state index contributed by atoms with van der Waals surface area (Å²) in [4.78, 5) is 40.0. The lowest BCUT2D eigenvalue weighted by Gasteiger charge is -2.29. The first-order valence-electron chi connectivity index (χ1n) is 9.00. The largest absolute Gasteiger partial charge is 0.324 e. The van der Waals surface area contributed by atoms with Crippen LogP contribution in [-0.4, -0.2) is 28.7 Å². The Balaban J connectivity index is 1.59. The number of hydrogen-bond acceptors (Lipinski definition) is 3. The molecule has 3 aliphatic rings. The molecule has 1 saturated carbocycles. The zero-order chi connectivity index (χ0) is 18.6. The van der Waals surface area contributed by atoms with Crippen molar-refractivity contribution in [1.82, 2.24) is 4.90 Å². The van der Waals surface area contributed by atoms with Gasteiger partial charge in [0, 0.05) is 5.69 Å². The molecule has 1 N–H and O–H groups in total. The third-order valence-electron chi connectivity index (χ3n) is 5.79. The summed E-state index contributed by atoms with van der Waals surface area (Å²) < 4.78 is 13.1. The van der Waals surface area contributed by atoms with E-state index < -0.39 is 17.8 Å². The Morgan fingerprint density at radius 2 is 1.62 bits per heavy atom. The molecule has 6 heteroatoms. The SMILES string of the molecule is CC(C)C(C(=O)Nc1ccc(F)cc1)N1C(=O)C2C3C=CC(C3)C2C1=O. The lowest BCUT2D eigenvalue weighted by molar-refractivity contribution is -0.148. The summed E-state index contributed by atoms with van der Waals surface area (Å²) in [6, 6.07) is 4.54. The van der Waals surface area contributed by atoms with Crippen LogP contribution in [0, 0.1) is 35.4 Å². The highest BCUT2D eigenvalue weighted by Crippen LogP contribution is 2.53. The normalized spacial score (nSPS) is 30.2. The van der Waals surface area contributed by atoms with E-state index in [0.717, 1.165) is 6.42 Å². The van der Waals surface area contributed by atoms with E-state index in [-0.39, 0.29) is 41.4 Å². The molecule has 136 valence electrons. The van der Waals surface area contributed by atoms with Gasteiger partial charge in [-0.25, -0.2) is 4.39 Å². The second-order valence-electron chi connectivity index (χ2n) is 7.73. The number of nitrogens with zero attached hydrogens (tertiary/aromatic N) is 1. The number of benzene rings is 1. The van der Waals surface area contributed by atoms with E-state index in [1.54, 1.807) is 0 Å². The molecule has 3 amide bonds. The van der Waals surface area contributed by atoms with Gasteiger partial charge in [0.25, 0.3) is 0 Å². The second-order valence-corrected chi connectivity index (χ2v) is 7.73. The van der Waals surface area contributed by atoms with E-state index in [1.165, 1.54) is 29.2 Å². The molecule has 26 heavy (non-hydrogen) atoms. The minimum Gasteiger partial charge on any atom is -0.324 e. The zero-order valence-corrected chi connectivity index (χ0v) is 14.7. The number of carbonyl (C=O) groups is 3. The van der Waals surface area contributed by atoms with Gasteiger partial charge in [0.15, 0.2) is 0 Å². The van der Waals surface area contributed by atoms with Crippen molar-refractivity contribution in [1.29, 1.82) is 0 Å². The Bertz CT molecular complexity index is 772. The van der Waals surface area contributed by atoms with Gasteiger partial charge in [0.1, 0.15) is 11.9 Å². The van der Waals surface area contributed by atoms with E-state index >= 15 is 0 Å². The van der Waals surface area contributed by atoms with Crippen LogP contribution < -0.4 is 5.32 Å². The predicted molar refractivity (Wildman–Crippen MR) is 93.2 cm³/mol. The van der Waals surface area contributed by atoms with Crippen molar-refractivity contribution >= 4 is 23.4 Å². The molecule has 5 unspecified atom stereocenters. The van der Waals surface area contributed by atoms with E-state index in [9.17, 15) is 18.8 Å². The molecule has 0 radical (unpaired) electrons. The van der Waals surface area contributed by atoms with Crippen molar-refractivity contribution in [2.75, 3.05) is 5.32 Å². The summed E-state index contributed by atoms with van der Waals surface area (Å²) in [5, 5.41) is 2.70. The quantitative estimate of drug-likeness (QED) is 0.666. The number of rotatable bonds is 4. The number of allylic oxidation sites excluding steroid dienone is 2. The number of hydrogen-bond donors (Lipinski definition) is 1. The van der Waals surface area contributed by atoms with Crippen LogP contribution in [-0.2, 0) is 14.4 Å². The van der Waals surface area contributed by atoms with Crippen LogP contribution in [0.3, 0.4) is 0 Å². The smallest absolute Gasteiger partial charge is 0.247 e. The highest BCUT2D eigenvalue weighted by molar-refractivity contribution is 6.10. The monoisotopic (exact) mass is 356 g/mol. The maximum Gasteiger partial charge on any atom is 0.247 e. The van der Waals surface area contributed by atoms with Gasteiger partial charge in [0.2, 0.25) is 17.7 Å². The molecule has 0 spiro atoms. The Labute approximate surface area is 151 Å². The number of halogens is 1. The first-order chi connectivity index (χ1) is 12.4. The molecule has 1 aromatic carbocycles. The topological polar surface area (TPSA) is 66.5 Å². The molecule has 1 saturated heterocycles. The average molecular weight is 356 g/mol. The first kappa shape index (κ1) is 16.9. The highest BCUT2D eigenvalue weighted by atomic mass is 19.1. The van der Waals surface area contributed by atoms with Gasteiger partial charge in [-0.15, -0.1) is 0 Å². The average Bonchev–Trinajstić information content (AvgIpc) is 3.26. The molecule has 4 rings (SSSR count). The molecule has 2 bridgehead atoms. The van der Waals surface area contributed by atoms with Gasteiger partial charge in [0.05, 0.1) is 11.8 Å². The Hall–Kier alpha value is -2.50. The Morgan fingerprint density at radius 1 is 1.08 bits per heavy atom. The lowest BCUT2D eigenvalue weighted by atomic mass is 9.85. The van der Waals surface area contributed by atoms with E-state index in [4.69, 9.17) is 0 Å². The van der Waals surface area contributed by atoms with Crippen LogP contribution in [0.1, 0.15) is 20.3 Å². The molecule has 1 heterocycles. The number of imide groups is 1. The lowest BCUT2D eigenvalue weighted by Crippen LogP contribution is -2.51. The fraction of sp³-hybridized carbons (Fsp3) is 0.450. The zero-order valence-electron chi connectivity index (χ0n) is 14.7. The van der Waals surface area contributed by atoms with Crippen LogP contribution in [0.15, 0.2) is 36.4 Å². The van der Waals surface area contributed by atoms with Crippen LogP contribution in [0.25, 0.3) is 0 Å². The van der Waals surface area contributed by atoms with Gasteiger partial charge in [-0.3, -0.25) is 19.3 Å². The molecule has 5 nitrogen and oxygen atoms in total. The van der Waals surface area contributed by atoms with Crippen molar-refractivity contribution < 1.29 is 18.8 Å². The number of likely N-dealkylation sites (tertiary alicyclic amines) is 1. The van der Waals surface area contributed by atoms with E-state index in [1.807, 2.05) is 26.0 Å². The summed E-state index contributed by atoms with van der Waals surface area (Å²) in [7, 11) is 0. The van der Waals surface area contributed by atoms with E-state index in [2.05, 4.69) is 5.32 Å². The summed E-state index contributed by atoms with van der Waals surface area (Å²) in [6.07, 6.45) is 4.92. The standard InChI is InChI=1S/C20H21FN2O3/c1-10(2)17(18(24)22-14-7-5-13(21)6-8-14)23-19(25)15-11-3-4-12(9-11)16(15)20(23)26/h3-8,10-12,15-17H,9H2,1-2H3,(H,22,24). The number of nitrogens with one attached hydrogen (secondary N) is 1. The van der Waals surface area contributed by atoms with Gasteiger partial charge >= 0.3 is 0 Å². The van der Waals surface area contributed by atoms with Crippen molar-refractivity contribution in [2.45, 2.75) is 26.3 Å². The van der Waals surface area contributed by atoms with Gasteiger partial charge in [-0.1, -0.05) is 26.0 Å². The fourth-order valence-corrected chi connectivity index (χ4v) is 4.67. The third kappa shape index (κ3) is 2.47. The summed E-state index contributed by atoms with van der Waals surface area (Å²) >= 11 is 0. The minimum atomic E-state index is -0.870. The van der Waals surface area contributed by atoms with Crippen molar-refractivity contribution in [3.8, 4) is 0 Å². The maximum absolute atomic E-state index is 13.1. The first-order valence-corrected chi connectivity index (χ1v) is 9.00. The number of fused-ring (bicyclic) bond motifs is 5. The highest BCUT2D eigenvalue weighted by Gasteiger charge is 2.61. The van der Waals surface area contributed by atoms with Gasteiger partial charge < -0.3 is 5.32 Å². The van der Waals surface area contributed by atoms with E-state index in [0.29, 0.717) is 5.69 Å². The molecule has 1 aromatic rings. The Kier molecular flexibility index (Phi) is 3.93. The van der Waals surface area contributed by atoms with Gasteiger partial charge in [-0.2, -0.15) is 0 Å². The predicted octanol–water partition coefficient (Wildman–Crippen LogP) is 2.60. The molecule has 5 atom stereocenters. The molecule has 0 aromatic heterocycles. The minimum absolute atomic E-state index is 0.111. The van der Waals surface area contributed by atoms with Crippen LogP contribution in [0.5, 0.6) is 0 Å². The number of anilines is 1. The van der Waals surface area contributed by atoms with Crippen LogP contribution in [0.4, 0.5) is 10.1 Å². The number of amides is 3.